The summed E-state index contributed by atoms with van der Waals surface area (Å²) in [6.45, 7) is 2.12. The monoisotopic (exact) mass is 406 g/mol. The van der Waals surface area contributed by atoms with Crippen LogP contribution in [0.1, 0.15) is 41.5 Å². The molecular weight excluding hydrogens is 384 g/mol. The van der Waals surface area contributed by atoms with Crippen LogP contribution >= 0.6 is 0 Å². The molecule has 4 aromatic rings. The second-order valence-corrected chi connectivity index (χ2v) is 8.40. The molecule has 0 saturated carbocycles. The lowest BCUT2D eigenvalue weighted by Gasteiger charge is -2.35. The molecule has 0 unspecified atom stereocenters. The number of nitrogens with zero attached hydrogens (tertiary/aromatic N) is 3. The molecule has 2 aliphatic rings. The number of hydrogen-bond donors (Lipinski definition) is 1. The molecule has 6 rings (SSSR count). The number of ketones is 1. The van der Waals surface area contributed by atoms with Gasteiger partial charge in [0.2, 0.25) is 5.95 Å². The van der Waals surface area contributed by atoms with Gasteiger partial charge >= 0.3 is 0 Å². The summed E-state index contributed by atoms with van der Waals surface area (Å²) in [6.07, 6.45) is 2.86. The number of hydrogen-bond acceptors (Lipinski definition) is 4. The topological polar surface area (TPSA) is 59.8 Å². The Morgan fingerprint density at radius 2 is 1.71 bits per heavy atom. The first-order valence-electron chi connectivity index (χ1n) is 10.7. The van der Waals surface area contributed by atoms with Gasteiger partial charge in [-0.2, -0.15) is 10.1 Å². The van der Waals surface area contributed by atoms with Crippen molar-refractivity contribution in [2.75, 3.05) is 5.32 Å². The number of allylic oxidation sites excluding steroid dienone is 2. The minimum Gasteiger partial charge on any atom is -0.328 e. The Bertz CT molecular complexity index is 1360. The summed E-state index contributed by atoms with van der Waals surface area (Å²) in [5, 5.41) is 10.2. The van der Waals surface area contributed by atoms with Crippen LogP contribution in [-0.2, 0) is 4.79 Å². The number of carbonyl (C=O) groups is 1. The molecule has 5 heteroatoms. The van der Waals surface area contributed by atoms with Gasteiger partial charge in [-0.3, -0.25) is 4.79 Å². The molecule has 3 aromatic carbocycles. The van der Waals surface area contributed by atoms with Crippen LogP contribution in [0, 0.1) is 6.92 Å². The lowest BCUT2D eigenvalue weighted by atomic mass is 9.76. The van der Waals surface area contributed by atoms with E-state index in [1.165, 1.54) is 11.1 Å². The minimum absolute atomic E-state index is 0.169. The molecule has 1 aliphatic carbocycles. The standard InChI is InChI=1S/C26H22N4O/c1-16-7-2-4-10-19(16)18-13-22-24(23(31)14-18)25(30-26(29-22)27-15-28-30)21-12-6-9-17-8-3-5-11-20(17)21/h2-12,15,18,25H,13-14H2,1H3,(H,27,28,29)/t18-,25-/m1/s1. The van der Waals surface area contributed by atoms with Crippen LogP contribution in [0.2, 0.25) is 0 Å². The highest BCUT2D eigenvalue weighted by Crippen LogP contribution is 2.45. The number of benzene rings is 3. The third kappa shape index (κ3) is 2.81. The predicted molar refractivity (Wildman–Crippen MR) is 121 cm³/mol. The van der Waals surface area contributed by atoms with Crippen molar-refractivity contribution in [2.45, 2.75) is 31.7 Å². The molecule has 0 radical (unpaired) electrons. The van der Waals surface area contributed by atoms with Crippen molar-refractivity contribution >= 4 is 22.5 Å². The zero-order valence-electron chi connectivity index (χ0n) is 17.2. The average molecular weight is 406 g/mol. The lowest BCUT2D eigenvalue weighted by Crippen LogP contribution is -2.33. The van der Waals surface area contributed by atoms with Crippen LogP contribution in [0.3, 0.4) is 0 Å². The van der Waals surface area contributed by atoms with Crippen LogP contribution in [0.5, 0.6) is 0 Å². The van der Waals surface area contributed by atoms with Crippen LogP contribution in [0.4, 0.5) is 5.95 Å². The minimum atomic E-state index is -0.273. The van der Waals surface area contributed by atoms with Gasteiger partial charge in [-0.25, -0.2) is 4.68 Å². The van der Waals surface area contributed by atoms with Crippen LogP contribution in [0.25, 0.3) is 10.8 Å². The molecule has 1 aliphatic heterocycles. The highest BCUT2D eigenvalue weighted by molar-refractivity contribution is 6.01. The zero-order valence-corrected chi connectivity index (χ0v) is 17.2. The molecule has 0 spiro atoms. The Morgan fingerprint density at radius 1 is 0.935 bits per heavy atom. The van der Waals surface area contributed by atoms with Gasteiger partial charge in [0.15, 0.2) is 5.78 Å². The second-order valence-electron chi connectivity index (χ2n) is 8.40. The van der Waals surface area contributed by atoms with Crippen molar-refractivity contribution < 1.29 is 4.79 Å². The summed E-state index contributed by atoms with van der Waals surface area (Å²) in [5.41, 5.74) is 5.36. The number of aromatic nitrogens is 3. The highest BCUT2D eigenvalue weighted by Gasteiger charge is 2.39. The third-order valence-corrected chi connectivity index (χ3v) is 6.61. The van der Waals surface area contributed by atoms with Gasteiger partial charge in [0, 0.05) is 17.7 Å². The lowest BCUT2D eigenvalue weighted by molar-refractivity contribution is -0.116. The molecule has 152 valence electrons. The number of fused-ring (bicyclic) bond motifs is 2. The van der Waals surface area contributed by atoms with E-state index >= 15 is 0 Å². The van der Waals surface area contributed by atoms with E-state index in [1.54, 1.807) is 6.33 Å². The Hall–Kier alpha value is -3.73. The Kier molecular flexibility index (Phi) is 4.03. The molecular formula is C26H22N4O. The van der Waals surface area contributed by atoms with Crippen LogP contribution in [-0.4, -0.2) is 20.5 Å². The number of nitrogens with one attached hydrogen (secondary N) is 1. The normalized spacial score (nSPS) is 20.4. The quantitative estimate of drug-likeness (QED) is 0.500. The molecule has 1 N–H and O–H groups in total. The molecule has 1 aromatic heterocycles. The molecule has 2 atom stereocenters. The van der Waals surface area contributed by atoms with Gasteiger partial charge in [-0.05, 0) is 46.7 Å². The van der Waals surface area contributed by atoms with Gasteiger partial charge in [0.05, 0.1) is 0 Å². The van der Waals surface area contributed by atoms with E-state index in [0.29, 0.717) is 12.4 Å². The van der Waals surface area contributed by atoms with Gasteiger partial charge in [-0.15, -0.1) is 0 Å². The maximum Gasteiger partial charge on any atom is 0.226 e. The summed E-state index contributed by atoms with van der Waals surface area (Å²) in [5.74, 6) is 1.04. The average Bonchev–Trinajstić information content (AvgIpc) is 3.26. The summed E-state index contributed by atoms with van der Waals surface area (Å²) in [7, 11) is 0. The summed E-state index contributed by atoms with van der Waals surface area (Å²) in [4.78, 5) is 18.1. The first-order chi connectivity index (χ1) is 15.2. The Morgan fingerprint density at radius 3 is 2.61 bits per heavy atom. The molecule has 2 heterocycles. The van der Waals surface area contributed by atoms with Crippen molar-refractivity contribution in [3.63, 3.8) is 0 Å². The number of carbonyl (C=O) groups excluding carboxylic acids is 1. The summed E-state index contributed by atoms with van der Waals surface area (Å²) >= 11 is 0. The predicted octanol–water partition coefficient (Wildman–Crippen LogP) is 5.16. The fourth-order valence-corrected chi connectivity index (χ4v) is 5.19. The van der Waals surface area contributed by atoms with Crippen molar-refractivity contribution in [1.82, 2.24) is 14.8 Å². The second kappa shape index (κ2) is 6.91. The molecule has 31 heavy (non-hydrogen) atoms. The highest BCUT2D eigenvalue weighted by atomic mass is 16.1. The number of aryl methyl sites for hydroxylation is 1. The largest absolute Gasteiger partial charge is 0.328 e. The maximum atomic E-state index is 13.6. The SMILES string of the molecule is Cc1ccccc1[C@H]1CC(=O)C2=C(C1)Nc1ncnn1[C@@H]2c1cccc2ccccc12. The van der Waals surface area contributed by atoms with Gasteiger partial charge < -0.3 is 5.32 Å². The Balaban J connectivity index is 1.52. The van der Waals surface area contributed by atoms with E-state index in [2.05, 4.69) is 70.9 Å². The smallest absolute Gasteiger partial charge is 0.226 e. The summed E-state index contributed by atoms with van der Waals surface area (Å²) < 4.78 is 1.85. The molecule has 0 saturated heterocycles. The van der Waals surface area contributed by atoms with E-state index in [0.717, 1.165) is 34.0 Å². The van der Waals surface area contributed by atoms with E-state index < -0.39 is 0 Å². The van der Waals surface area contributed by atoms with Gasteiger partial charge in [0.25, 0.3) is 0 Å². The van der Waals surface area contributed by atoms with Crippen molar-refractivity contribution in [1.29, 1.82) is 0 Å². The fourth-order valence-electron chi connectivity index (χ4n) is 5.19. The van der Waals surface area contributed by atoms with Gasteiger partial charge in [0.1, 0.15) is 12.4 Å². The third-order valence-electron chi connectivity index (χ3n) is 6.61. The number of rotatable bonds is 2. The maximum absolute atomic E-state index is 13.6. The van der Waals surface area contributed by atoms with Crippen LogP contribution < -0.4 is 5.32 Å². The summed E-state index contributed by atoms with van der Waals surface area (Å²) in [6, 6.07) is 22.7. The van der Waals surface area contributed by atoms with E-state index in [1.807, 2.05) is 22.9 Å². The first kappa shape index (κ1) is 18.1. The first-order valence-corrected chi connectivity index (χ1v) is 10.7. The fraction of sp³-hybridized carbons (Fsp3) is 0.192. The van der Waals surface area contributed by atoms with E-state index in [4.69, 9.17) is 0 Å². The zero-order chi connectivity index (χ0) is 20.9. The van der Waals surface area contributed by atoms with Crippen molar-refractivity contribution in [2.24, 2.45) is 0 Å². The Labute approximate surface area is 180 Å². The number of Topliss-reactive ketones (excluding diaryl/α,β-unsaturated/α-hetero) is 1. The molecule has 0 amide bonds. The van der Waals surface area contributed by atoms with E-state index in [-0.39, 0.29) is 17.7 Å². The van der Waals surface area contributed by atoms with Crippen molar-refractivity contribution in [3.05, 3.63) is 101 Å². The van der Waals surface area contributed by atoms with E-state index in [9.17, 15) is 4.79 Å². The molecule has 5 nitrogen and oxygen atoms in total. The van der Waals surface area contributed by atoms with Gasteiger partial charge in [-0.1, -0.05) is 66.7 Å². The van der Waals surface area contributed by atoms with Crippen molar-refractivity contribution in [3.8, 4) is 0 Å². The molecule has 0 bridgehead atoms. The number of anilines is 1. The van der Waals surface area contributed by atoms with Crippen LogP contribution in [0.15, 0.2) is 84.3 Å². The molecule has 0 fully saturated rings.